The average molecular weight is 199 g/mol. The van der Waals surface area contributed by atoms with Crippen molar-refractivity contribution in [3.8, 4) is 0 Å². The SMILES string of the molecule is CC(C)NC(=O)N1CC(N)C(C)(C)C1. The van der Waals surface area contributed by atoms with Crippen LogP contribution in [0.3, 0.4) is 0 Å². The minimum absolute atomic E-state index is 0.000949. The van der Waals surface area contributed by atoms with Crippen LogP contribution in [-0.2, 0) is 0 Å². The van der Waals surface area contributed by atoms with Crippen molar-refractivity contribution >= 4 is 6.03 Å². The van der Waals surface area contributed by atoms with E-state index in [4.69, 9.17) is 5.73 Å². The number of hydrogen-bond donors (Lipinski definition) is 2. The molecule has 4 heteroatoms. The van der Waals surface area contributed by atoms with Crippen molar-refractivity contribution in [3.63, 3.8) is 0 Å². The number of rotatable bonds is 1. The number of amides is 2. The highest BCUT2D eigenvalue weighted by atomic mass is 16.2. The van der Waals surface area contributed by atoms with Crippen molar-refractivity contribution in [1.82, 2.24) is 10.2 Å². The van der Waals surface area contributed by atoms with Crippen molar-refractivity contribution in [1.29, 1.82) is 0 Å². The number of likely N-dealkylation sites (tertiary alicyclic amines) is 1. The average Bonchev–Trinajstić information content (AvgIpc) is 2.25. The predicted molar refractivity (Wildman–Crippen MR) is 57.0 cm³/mol. The first-order chi connectivity index (χ1) is 6.33. The number of urea groups is 1. The Balaban J connectivity index is 2.53. The highest BCUT2D eigenvalue weighted by Crippen LogP contribution is 2.27. The number of nitrogens with one attached hydrogen (secondary N) is 1. The van der Waals surface area contributed by atoms with Gasteiger partial charge in [-0.15, -0.1) is 0 Å². The molecule has 0 aromatic heterocycles. The van der Waals surface area contributed by atoms with Gasteiger partial charge >= 0.3 is 6.03 Å². The van der Waals surface area contributed by atoms with Gasteiger partial charge in [-0.05, 0) is 19.3 Å². The van der Waals surface area contributed by atoms with E-state index in [-0.39, 0.29) is 23.5 Å². The van der Waals surface area contributed by atoms with Crippen molar-refractivity contribution in [2.24, 2.45) is 11.1 Å². The Morgan fingerprint density at radius 1 is 1.57 bits per heavy atom. The van der Waals surface area contributed by atoms with Gasteiger partial charge < -0.3 is 16.0 Å². The Bertz CT molecular complexity index is 225. The van der Waals surface area contributed by atoms with Gasteiger partial charge in [-0.3, -0.25) is 0 Å². The molecular formula is C10H21N3O. The molecular weight excluding hydrogens is 178 g/mol. The zero-order valence-electron chi connectivity index (χ0n) is 9.50. The van der Waals surface area contributed by atoms with Crippen LogP contribution in [0.4, 0.5) is 4.79 Å². The largest absolute Gasteiger partial charge is 0.336 e. The van der Waals surface area contributed by atoms with E-state index in [1.54, 1.807) is 4.90 Å². The van der Waals surface area contributed by atoms with Crippen molar-refractivity contribution in [2.45, 2.75) is 39.8 Å². The van der Waals surface area contributed by atoms with Crippen LogP contribution < -0.4 is 11.1 Å². The van der Waals surface area contributed by atoms with Crippen LogP contribution in [0.15, 0.2) is 0 Å². The zero-order valence-corrected chi connectivity index (χ0v) is 9.50. The fraction of sp³-hybridized carbons (Fsp3) is 0.900. The Kier molecular flexibility index (Phi) is 3.04. The van der Waals surface area contributed by atoms with Crippen LogP contribution in [0, 0.1) is 5.41 Å². The van der Waals surface area contributed by atoms with E-state index in [0.717, 1.165) is 6.54 Å². The van der Waals surface area contributed by atoms with E-state index in [1.165, 1.54) is 0 Å². The van der Waals surface area contributed by atoms with E-state index < -0.39 is 0 Å². The summed E-state index contributed by atoms with van der Waals surface area (Å²) in [6.07, 6.45) is 0. The molecule has 4 nitrogen and oxygen atoms in total. The van der Waals surface area contributed by atoms with Crippen LogP contribution >= 0.6 is 0 Å². The van der Waals surface area contributed by atoms with Crippen molar-refractivity contribution < 1.29 is 4.79 Å². The molecule has 2 amide bonds. The molecule has 1 fully saturated rings. The summed E-state index contributed by atoms with van der Waals surface area (Å²) in [7, 11) is 0. The zero-order chi connectivity index (χ0) is 10.9. The molecule has 82 valence electrons. The standard InChI is InChI=1S/C10H21N3O/c1-7(2)12-9(14)13-5-8(11)10(3,4)6-13/h7-8H,5-6,11H2,1-4H3,(H,12,14). The van der Waals surface area contributed by atoms with Gasteiger partial charge in [0.25, 0.3) is 0 Å². The molecule has 1 aliphatic rings. The lowest BCUT2D eigenvalue weighted by atomic mass is 9.89. The molecule has 1 saturated heterocycles. The number of nitrogens with zero attached hydrogens (tertiary/aromatic N) is 1. The van der Waals surface area contributed by atoms with E-state index in [2.05, 4.69) is 19.2 Å². The second-order valence-electron chi connectivity index (χ2n) is 5.08. The molecule has 14 heavy (non-hydrogen) atoms. The third-order valence-electron chi connectivity index (χ3n) is 2.72. The molecule has 0 bridgehead atoms. The molecule has 0 spiro atoms. The van der Waals surface area contributed by atoms with E-state index in [0.29, 0.717) is 6.54 Å². The normalized spacial score (nSPS) is 25.6. The summed E-state index contributed by atoms with van der Waals surface area (Å²) >= 11 is 0. The van der Waals surface area contributed by atoms with Gasteiger partial charge in [-0.1, -0.05) is 13.8 Å². The molecule has 0 aromatic rings. The number of carbonyl (C=O) groups is 1. The molecule has 0 saturated carbocycles. The van der Waals surface area contributed by atoms with Gasteiger partial charge in [0.2, 0.25) is 0 Å². The highest BCUT2D eigenvalue weighted by Gasteiger charge is 2.38. The lowest BCUT2D eigenvalue weighted by Crippen LogP contribution is -2.42. The van der Waals surface area contributed by atoms with Crippen LogP contribution in [0.5, 0.6) is 0 Å². The van der Waals surface area contributed by atoms with Gasteiger partial charge in [0.15, 0.2) is 0 Å². The molecule has 1 heterocycles. The molecule has 0 aromatic carbocycles. The Hall–Kier alpha value is -0.770. The second kappa shape index (κ2) is 3.77. The maximum Gasteiger partial charge on any atom is 0.317 e. The second-order valence-corrected chi connectivity index (χ2v) is 5.08. The Morgan fingerprint density at radius 2 is 2.14 bits per heavy atom. The summed E-state index contributed by atoms with van der Waals surface area (Å²) in [5.74, 6) is 0. The molecule has 3 N–H and O–H groups in total. The van der Waals surface area contributed by atoms with Gasteiger partial charge in [0, 0.05) is 25.2 Å². The summed E-state index contributed by atoms with van der Waals surface area (Å²) in [6.45, 7) is 9.51. The van der Waals surface area contributed by atoms with Crippen LogP contribution in [0.1, 0.15) is 27.7 Å². The van der Waals surface area contributed by atoms with Gasteiger partial charge in [-0.25, -0.2) is 4.79 Å². The first-order valence-corrected chi connectivity index (χ1v) is 5.14. The minimum atomic E-state index is 0.000949. The lowest BCUT2D eigenvalue weighted by Gasteiger charge is -2.22. The molecule has 1 unspecified atom stereocenters. The lowest BCUT2D eigenvalue weighted by molar-refractivity contribution is 0.201. The quantitative estimate of drug-likeness (QED) is 0.655. The molecule has 1 rings (SSSR count). The van der Waals surface area contributed by atoms with Crippen LogP contribution in [0.25, 0.3) is 0 Å². The summed E-state index contributed by atoms with van der Waals surface area (Å²) in [5.41, 5.74) is 5.99. The first-order valence-electron chi connectivity index (χ1n) is 5.14. The van der Waals surface area contributed by atoms with Crippen molar-refractivity contribution in [3.05, 3.63) is 0 Å². The fourth-order valence-electron chi connectivity index (χ4n) is 1.65. The number of carbonyl (C=O) groups excluding carboxylic acids is 1. The summed E-state index contributed by atoms with van der Waals surface area (Å²) < 4.78 is 0. The Labute approximate surface area is 85.8 Å². The molecule has 1 aliphatic heterocycles. The van der Waals surface area contributed by atoms with Gasteiger partial charge in [0.05, 0.1) is 0 Å². The molecule has 0 aliphatic carbocycles. The number of nitrogens with two attached hydrogens (primary N) is 1. The monoisotopic (exact) mass is 199 g/mol. The van der Waals surface area contributed by atoms with E-state index in [1.807, 2.05) is 13.8 Å². The maximum absolute atomic E-state index is 11.6. The minimum Gasteiger partial charge on any atom is -0.336 e. The third kappa shape index (κ3) is 2.38. The smallest absolute Gasteiger partial charge is 0.317 e. The van der Waals surface area contributed by atoms with Crippen LogP contribution in [0.2, 0.25) is 0 Å². The predicted octanol–water partition coefficient (Wildman–Crippen LogP) is 0.773. The van der Waals surface area contributed by atoms with Crippen LogP contribution in [-0.4, -0.2) is 36.1 Å². The fourth-order valence-corrected chi connectivity index (χ4v) is 1.65. The summed E-state index contributed by atoms with van der Waals surface area (Å²) in [6, 6.07) is 0.267. The summed E-state index contributed by atoms with van der Waals surface area (Å²) in [4.78, 5) is 13.4. The highest BCUT2D eigenvalue weighted by molar-refractivity contribution is 5.75. The molecule has 0 radical (unpaired) electrons. The third-order valence-corrected chi connectivity index (χ3v) is 2.72. The number of hydrogen-bond acceptors (Lipinski definition) is 2. The summed E-state index contributed by atoms with van der Waals surface area (Å²) in [5, 5.41) is 2.87. The topological polar surface area (TPSA) is 58.4 Å². The Morgan fingerprint density at radius 3 is 2.50 bits per heavy atom. The van der Waals surface area contributed by atoms with E-state index >= 15 is 0 Å². The molecule has 1 atom stereocenters. The first kappa shape index (κ1) is 11.3. The van der Waals surface area contributed by atoms with Gasteiger partial charge in [0.1, 0.15) is 0 Å². The maximum atomic E-state index is 11.6. The van der Waals surface area contributed by atoms with Crippen molar-refractivity contribution in [2.75, 3.05) is 13.1 Å². The van der Waals surface area contributed by atoms with E-state index in [9.17, 15) is 4.79 Å². The van der Waals surface area contributed by atoms with Gasteiger partial charge in [-0.2, -0.15) is 0 Å².